The molecule has 0 aliphatic carbocycles. The molecular formula is C19H26F2N2O6S. The number of hydrogen-bond donors (Lipinski definition) is 3. The minimum absolute atomic E-state index is 0.0132. The highest BCUT2D eigenvalue weighted by Crippen LogP contribution is 2.37. The van der Waals surface area contributed by atoms with Crippen molar-refractivity contribution in [3.05, 3.63) is 35.4 Å². The van der Waals surface area contributed by atoms with Crippen LogP contribution >= 0.6 is 0 Å². The van der Waals surface area contributed by atoms with Gasteiger partial charge < -0.3 is 10.2 Å². The van der Waals surface area contributed by atoms with Gasteiger partial charge in [-0.2, -0.15) is 0 Å². The Bertz CT molecular complexity index is 911. The molecular weight excluding hydrogens is 422 g/mol. The molecule has 1 aliphatic rings. The van der Waals surface area contributed by atoms with E-state index in [4.69, 9.17) is 0 Å². The van der Waals surface area contributed by atoms with Crippen LogP contribution in [0.1, 0.15) is 58.1 Å². The number of aliphatic carboxylic acids is 1. The summed E-state index contributed by atoms with van der Waals surface area (Å²) in [6, 6.07) is 1.43. The summed E-state index contributed by atoms with van der Waals surface area (Å²) in [5.74, 6) is -3.16. The Hall–Kier alpha value is -2.27. The van der Waals surface area contributed by atoms with Crippen molar-refractivity contribution in [3.8, 4) is 0 Å². The number of benzene rings is 1. The highest BCUT2D eigenvalue weighted by atomic mass is 32.2. The van der Waals surface area contributed by atoms with Crippen LogP contribution < -0.4 is 4.72 Å². The SMILES string of the molecule is CC(C)(C)S(=O)(=O)N[C@@H](CC[C@@]1(C(=O)O)CCCN1C(=O)O)c1cc(F)cc(F)c1. The van der Waals surface area contributed by atoms with Gasteiger partial charge in [0.2, 0.25) is 10.0 Å². The maximum absolute atomic E-state index is 13.8. The molecule has 1 aromatic carbocycles. The quantitative estimate of drug-likeness (QED) is 0.589. The zero-order valence-corrected chi connectivity index (χ0v) is 17.8. The molecule has 11 heteroatoms. The summed E-state index contributed by atoms with van der Waals surface area (Å²) in [7, 11) is -3.96. The molecule has 0 bridgehead atoms. The van der Waals surface area contributed by atoms with Crippen LogP contribution in [0.5, 0.6) is 0 Å². The topological polar surface area (TPSA) is 124 Å². The molecule has 0 spiro atoms. The van der Waals surface area contributed by atoms with Crippen molar-refractivity contribution in [3.63, 3.8) is 0 Å². The molecule has 3 N–H and O–H groups in total. The first-order chi connectivity index (χ1) is 13.7. The third-order valence-corrected chi connectivity index (χ3v) is 7.56. The van der Waals surface area contributed by atoms with Gasteiger partial charge in [0, 0.05) is 18.7 Å². The largest absolute Gasteiger partial charge is 0.479 e. The third-order valence-electron chi connectivity index (χ3n) is 5.36. The van der Waals surface area contributed by atoms with Gasteiger partial charge in [0.1, 0.15) is 17.2 Å². The maximum Gasteiger partial charge on any atom is 0.408 e. The summed E-state index contributed by atoms with van der Waals surface area (Å²) in [5.41, 5.74) is -1.75. The van der Waals surface area contributed by atoms with E-state index >= 15 is 0 Å². The summed E-state index contributed by atoms with van der Waals surface area (Å²) in [5, 5.41) is 19.2. The molecule has 2 atom stereocenters. The van der Waals surface area contributed by atoms with Gasteiger partial charge >= 0.3 is 12.1 Å². The van der Waals surface area contributed by atoms with E-state index in [2.05, 4.69) is 4.72 Å². The average Bonchev–Trinajstić information content (AvgIpc) is 3.02. The lowest BCUT2D eigenvalue weighted by Crippen LogP contribution is -2.53. The zero-order valence-electron chi connectivity index (χ0n) is 17.0. The molecule has 1 heterocycles. The first-order valence-corrected chi connectivity index (χ1v) is 10.9. The van der Waals surface area contributed by atoms with Crippen molar-refractivity contribution in [1.29, 1.82) is 0 Å². The fourth-order valence-corrected chi connectivity index (χ4v) is 4.55. The molecule has 1 aliphatic heterocycles. The molecule has 0 unspecified atom stereocenters. The monoisotopic (exact) mass is 448 g/mol. The molecule has 1 fully saturated rings. The van der Waals surface area contributed by atoms with Crippen molar-refractivity contribution in [2.45, 2.75) is 62.8 Å². The van der Waals surface area contributed by atoms with E-state index in [9.17, 15) is 37.0 Å². The van der Waals surface area contributed by atoms with Gasteiger partial charge in [-0.15, -0.1) is 0 Å². The maximum atomic E-state index is 13.8. The van der Waals surface area contributed by atoms with Crippen LogP contribution in [0.25, 0.3) is 0 Å². The number of sulfonamides is 1. The average molecular weight is 448 g/mol. The minimum Gasteiger partial charge on any atom is -0.479 e. The number of amides is 1. The molecule has 168 valence electrons. The number of nitrogens with zero attached hydrogens (tertiary/aromatic N) is 1. The van der Waals surface area contributed by atoms with Crippen LogP contribution in [0.3, 0.4) is 0 Å². The second kappa shape index (κ2) is 8.46. The number of halogens is 2. The number of carbonyl (C=O) groups is 2. The van der Waals surface area contributed by atoms with E-state index in [1.165, 1.54) is 20.8 Å². The number of hydrogen-bond acceptors (Lipinski definition) is 4. The van der Waals surface area contributed by atoms with Crippen molar-refractivity contribution in [1.82, 2.24) is 9.62 Å². The van der Waals surface area contributed by atoms with Crippen LogP contribution in [0.4, 0.5) is 13.6 Å². The predicted molar refractivity (Wildman–Crippen MR) is 104 cm³/mol. The normalized spacial score (nSPS) is 20.9. The molecule has 0 saturated carbocycles. The highest BCUT2D eigenvalue weighted by molar-refractivity contribution is 7.90. The third kappa shape index (κ3) is 4.89. The summed E-state index contributed by atoms with van der Waals surface area (Å²) in [6.07, 6.45) is -1.40. The highest BCUT2D eigenvalue weighted by Gasteiger charge is 2.50. The number of likely N-dealkylation sites (tertiary alicyclic amines) is 1. The summed E-state index contributed by atoms with van der Waals surface area (Å²) < 4.78 is 54.1. The summed E-state index contributed by atoms with van der Waals surface area (Å²) in [4.78, 5) is 24.3. The standard InChI is InChI=1S/C19H26F2N2O6S/c1-18(2,3)30(28,29)22-15(12-9-13(20)11-14(21)10-12)5-7-19(16(24)25)6-4-8-23(19)17(26)27/h9-11,15,22H,4-8H2,1-3H3,(H,24,25)(H,26,27)/t15-,19+/m0/s1. The van der Waals surface area contributed by atoms with E-state index < -0.39 is 50.0 Å². The lowest BCUT2D eigenvalue weighted by atomic mass is 9.87. The minimum atomic E-state index is -3.96. The number of rotatable bonds is 7. The number of carboxylic acid groups (broad SMARTS) is 2. The molecule has 1 amide bonds. The second-order valence-electron chi connectivity index (χ2n) is 8.40. The Morgan fingerprint density at radius 1 is 1.20 bits per heavy atom. The van der Waals surface area contributed by atoms with E-state index in [0.717, 1.165) is 17.0 Å². The van der Waals surface area contributed by atoms with Crippen LogP contribution in [0.2, 0.25) is 0 Å². The van der Waals surface area contributed by atoms with Crippen molar-refractivity contribution < 1.29 is 37.0 Å². The van der Waals surface area contributed by atoms with Gasteiger partial charge in [-0.25, -0.2) is 31.5 Å². The van der Waals surface area contributed by atoms with Crippen molar-refractivity contribution >= 4 is 22.1 Å². The van der Waals surface area contributed by atoms with Gasteiger partial charge in [-0.05, 0) is 64.2 Å². The second-order valence-corrected chi connectivity index (χ2v) is 10.9. The predicted octanol–water partition coefficient (Wildman–Crippen LogP) is 3.10. The Kier molecular flexibility index (Phi) is 6.77. The van der Waals surface area contributed by atoms with E-state index in [1.54, 1.807) is 0 Å². The van der Waals surface area contributed by atoms with Gasteiger partial charge in [0.15, 0.2) is 0 Å². The van der Waals surface area contributed by atoms with E-state index in [1.807, 2.05) is 0 Å². The number of nitrogens with one attached hydrogen (secondary N) is 1. The van der Waals surface area contributed by atoms with Crippen molar-refractivity contribution in [2.75, 3.05) is 6.54 Å². The smallest absolute Gasteiger partial charge is 0.408 e. The van der Waals surface area contributed by atoms with Gasteiger partial charge in [-0.3, -0.25) is 4.90 Å². The first-order valence-electron chi connectivity index (χ1n) is 9.41. The fourth-order valence-electron chi connectivity index (χ4n) is 3.56. The zero-order chi connectivity index (χ0) is 22.9. The summed E-state index contributed by atoms with van der Waals surface area (Å²) in [6.45, 7) is 4.37. The molecule has 0 aromatic heterocycles. The molecule has 1 aromatic rings. The van der Waals surface area contributed by atoms with E-state index in [0.29, 0.717) is 12.5 Å². The van der Waals surface area contributed by atoms with Gasteiger partial charge in [-0.1, -0.05) is 0 Å². The van der Waals surface area contributed by atoms with Gasteiger partial charge in [0.25, 0.3) is 0 Å². The molecule has 0 radical (unpaired) electrons. The number of carboxylic acids is 1. The lowest BCUT2D eigenvalue weighted by molar-refractivity contribution is -0.149. The Morgan fingerprint density at radius 3 is 2.23 bits per heavy atom. The molecule has 2 rings (SSSR count). The molecule has 1 saturated heterocycles. The Balaban J connectivity index is 2.42. The lowest BCUT2D eigenvalue weighted by Gasteiger charge is -2.34. The first kappa shape index (κ1) is 24.0. The Labute approximate surface area is 173 Å². The van der Waals surface area contributed by atoms with Crippen LogP contribution in [0.15, 0.2) is 18.2 Å². The van der Waals surface area contributed by atoms with Crippen LogP contribution in [0, 0.1) is 11.6 Å². The molecule has 8 nitrogen and oxygen atoms in total. The van der Waals surface area contributed by atoms with Crippen LogP contribution in [-0.2, 0) is 14.8 Å². The Morgan fingerprint density at radius 2 is 1.77 bits per heavy atom. The van der Waals surface area contributed by atoms with Crippen molar-refractivity contribution in [2.24, 2.45) is 0 Å². The van der Waals surface area contributed by atoms with Gasteiger partial charge in [0.05, 0.1) is 4.75 Å². The van der Waals surface area contributed by atoms with Crippen LogP contribution in [-0.4, -0.2) is 52.4 Å². The van der Waals surface area contributed by atoms with E-state index in [-0.39, 0.29) is 31.4 Å². The summed E-state index contributed by atoms with van der Waals surface area (Å²) >= 11 is 0. The fraction of sp³-hybridized carbons (Fsp3) is 0.579. The molecule has 30 heavy (non-hydrogen) atoms.